The highest BCUT2D eigenvalue weighted by Gasteiger charge is 2.29. The Morgan fingerprint density at radius 3 is 2.36 bits per heavy atom. The smallest absolute Gasteiger partial charge is 0.416 e. The van der Waals surface area contributed by atoms with E-state index in [1.165, 1.54) is 12.1 Å². The fourth-order valence-electron chi connectivity index (χ4n) is 2.86. The van der Waals surface area contributed by atoms with E-state index in [1.807, 2.05) is 32.9 Å². The van der Waals surface area contributed by atoms with Crippen LogP contribution < -0.4 is 10.5 Å². The number of hydrogen-bond acceptors (Lipinski definition) is 5. The van der Waals surface area contributed by atoms with E-state index in [0.717, 1.165) is 50.9 Å². The zero-order valence-corrected chi connectivity index (χ0v) is 20.4. The van der Waals surface area contributed by atoms with Crippen molar-refractivity contribution >= 4 is 29.5 Å². The Morgan fingerprint density at radius 2 is 1.82 bits per heavy atom. The zero-order chi connectivity index (χ0) is 24.6. The molecule has 2 rings (SSSR count). The van der Waals surface area contributed by atoms with Crippen molar-refractivity contribution in [2.24, 2.45) is 11.7 Å². The van der Waals surface area contributed by atoms with Gasteiger partial charge in [0.05, 0.1) is 5.56 Å². The summed E-state index contributed by atoms with van der Waals surface area (Å²) in [7, 11) is 0. The maximum Gasteiger partial charge on any atom is 0.416 e. The van der Waals surface area contributed by atoms with Crippen LogP contribution >= 0.6 is 23.5 Å². The van der Waals surface area contributed by atoms with E-state index in [9.17, 15) is 18.0 Å². The predicted octanol–water partition coefficient (Wildman–Crippen LogP) is 6.72. The van der Waals surface area contributed by atoms with Gasteiger partial charge in [0.1, 0.15) is 5.75 Å². The quantitative estimate of drug-likeness (QED) is 0.335. The van der Waals surface area contributed by atoms with E-state index in [1.54, 1.807) is 29.6 Å². The lowest BCUT2D eigenvalue weighted by Crippen LogP contribution is -2.10. The number of carboxylic acid groups (broad SMARTS) is 1. The Hall–Kier alpha value is -2.26. The molecule has 9 heteroatoms. The second kappa shape index (κ2) is 12.3. The van der Waals surface area contributed by atoms with Crippen LogP contribution in [0.4, 0.5) is 13.2 Å². The van der Waals surface area contributed by atoms with Crippen molar-refractivity contribution in [3.63, 3.8) is 0 Å². The van der Waals surface area contributed by atoms with Gasteiger partial charge in [-0.1, -0.05) is 26.0 Å². The summed E-state index contributed by atoms with van der Waals surface area (Å²) >= 11 is 3.21. The van der Waals surface area contributed by atoms with E-state index >= 15 is 0 Å². The molecule has 0 aliphatic rings. The fourth-order valence-corrected chi connectivity index (χ4v) is 5.13. The van der Waals surface area contributed by atoms with Crippen molar-refractivity contribution in [3.8, 4) is 5.75 Å². The molecular weight excluding hydrogens is 471 g/mol. The number of aliphatic carboxylic acids is 1. The van der Waals surface area contributed by atoms with Crippen molar-refractivity contribution in [1.29, 1.82) is 0 Å². The first-order valence-electron chi connectivity index (χ1n) is 10.3. The van der Waals surface area contributed by atoms with E-state index in [2.05, 4.69) is 0 Å². The van der Waals surface area contributed by atoms with E-state index in [-0.39, 0.29) is 12.5 Å². The summed E-state index contributed by atoms with van der Waals surface area (Å²) in [5, 5.41) is 8.74. The molecule has 0 aliphatic carbocycles. The van der Waals surface area contributed by atoms with Gasteiger partial charge >= 0.3 is 12.1 Å². The van der Waals surface area contributed by atoms with Crippen LogP contribution in [0.1, 0.15) is 37.0 Å². The summed E-state index contributed by atoms with van der Waals surface area (Å²) in [6.45, 7) is 5.51. The minimum Gasteiger partial charge on any atom is -0.482 e. The summed E-state index contributed by atoms with van der Waals surface area (Å²) < 4.78 is 43.5. The Labute approximate surface area is 200 Å². The van der Waals surface area contributed by atoms with Crippen molar-refractivity contribution in [2.45, 2.75) is 44.0 Å². The number of allylic oxidation sites excluding steroid dienone is 2. The largest absolute Gasteiger partial charge is 0.482 e. The molecule has 2 aromatic carbocycles. The van der Waals surface area contributed by atoms with Gasteiger partial charge in [-0.25, -0.2) is 4.79 Å². The molecule has 0 radical (unpaired) electrons. The first-order chi connectivity index (χ1) is 15.5. The van der Waals surface area contributed by atoms with E-state index in [4.69, 9.17) is 15.6 Å². The lowest BCUT2D eigenvalue weighted by atomic mass is 10.1. The minimum atomic E-state index is -4.34. The number of hydrogen-bond donors (Lipinski definition) is 2. The Kier molecular flexibility index (Phi) is 10.0. The van der Waals surface area contributed by atoms with Crippen LogP contribution in [0.5, 0.6) is 5.75 Å². The van der Waals surface area contributed by atoms with Crippen LogP contribution in [-0.2, 0) is 16.7 Å². The summed E-state index contributed by atoms with van der Waals surface area (Å²) in [5.74, 6) is 0.998. The van der Waals surface area contributed by atoms with Crippen LogP contribution in [0, 0.1) is 12.8 Å². The number of carboxylic acids is 1. The Bertz CT molecular complexity index is 974. The van der Waals surface area contributed by atoms with E-state index in [0.29, 0.717) is 11.5 Å². The van der Waals surface area contributed by atoms with E-state index < -0.39 is 17.7 Å². The normalized spacial score (nSPS) is 12.6. The van der Waals surface area contributed by atoms with Crippen molar-refractivity contribution < 1.29 is 27.8 Å². The summed E-state index contributed by atoms with van der Waals surface area (Å²) in [6.07, 6.45) is -3.61. The molecule has 0 fully saturated rings. The predicted molar refractivity (Wildman–Crippen MR) is 128 cm³/mol. The number of benzene rings is 2. The molecule has 0 bridgehead atoms. The monoisotopic (exact) mass is 499 g/mol. The lowest BCUT2D eigenvalue weighted by molar-refractivity contribution is -0.139. The number of nitrogens with two attached hydrogens (primary N) is 1. The van der Waals surface area contributed by atoms with Gasteiger partial charge in [-0.3, -0.25) is 0 Å². The number of carbonyl (C=O) groups is 1. The zero-order valence-electron chi connectivity index (χ0n) is 18.7. The molecule has 0 aliphatic heterocycles. The summed E-state index contributed by atoms with van der Waals surface area (Å²) in [6, 6.07) is 10.8. The maximum absolute atomic E-state index is 12.8. The minimum absolute atomic E-state index is 0.165. The molecule has 2 aromatic rings. The maximum atomic E-state index is 12.8. The highest BCUT2D eigenvalue weighted by molar-refractivity contribution is 8.02. The number of aryl methyl sites for hydroxylation is 1. The van der Waals surface area contributed by atoms with Gasteiger partial charge < -0.3 is 15.6 Å². The number of rotatable bonds is 11. The van der Waals surface area contributed by atoms with Crippen LogP contribution in [0.15, 0.2) is 58.0 Å². The molecule has 180 valence electrons. The number of ether oxygens (including phenoxy) is 1. The number of alkyl halides is 3. The van der Waals surface area contributed by atoms with Crippen molar-refractivity contribution in [2.75, 3.05) is 12.4 Å². The topological polar surface area (TPSA) is 72.5 Å². The van der Waals surface area contributed by atoms with Crippen molar-refractivity contribution in [3.05, 3.63) is 69.8 Å². The molecule has 33 heavy (non-hydrogen) atoms. The van der Waals surface area contributed by atoms with Gasteiger partial charge in [0.15, 0.2) is 6.61 Å². The molecule has 0 atom stereocenters. The Morgan fingerprint density at radius 1 is 1.15 bits per heavy atom. The molecular formula is C24H28F3NO3S2. The molecule has 0 heterocycles. The molecule has 0 aromatic heterocycles. The average molecular weight is 500 g/mol. The first kappa shape index (κ1) is 27.0. The molecule has 0 amide bonds. The summed E-state index contributed by atoms with van der Waals surface area (Å²) in [4.78, 5) is 12.7. The Balaban J connectivity index is 1.97. The van der Waals surface area contributed by atoms with Gasteiger partial charge in [0, 0.05) is 27.0 Å². The second-order valence-electron chi connectivity index (χ2n) is 7.72. The van der Waals surface area contributed by atoms with Gasteiger partial charge in [0.25, 0.3) is 0 Å². The summed E-state index contributed by atoms with van der Waals surface area (Å²) in [5.41, 5.74) is 8.13. The lowest BCUT2D eigenvalue weighted by Gasteiger charge is -2.15. The van der Waals surface area contributed by atoms with Crippen LogP contribution in [0.25, 0.3) is 0 Å². The molecule has 0 saturated heterocycles. The SMILES string of the molecule is Cc1cc(SCC/C(SCc2ccc(C(F)(F)F)cc2)=C(/N)C(C)C)ccc1OCC(=O)O. The van der Waals surface area contributed by atoms with Gasteiger partial charge in [-0.05, 0) is 60.7 Å². The third kappa shape index (κ3) is 8.89. The van der Waals surface area contributed by atoms with Crippen LogP contribution in [-0.4, -0.2) is 23.4 Å². The molecule has 0 spiro atoms. The number of thioether (sulfide) groups is 2. The van der Waals surface area contributed by atoms with Crippen LogP contribution in [0.2, 0.25) is 0 Å². The third-order valence-corrected chi connectivity index (χ3v) is 7.00. The highest BCUT2D eigenvalue weighted by atomic mass is 32.2. The van der Waals surface area contributed by atoms with Gasteiger partial charge in [-0.15, -0.1) is 23.5 Å². The fraction of sp³-hybridized carbons (Fsp3) is 0.375. The molecule has 4 nitrogen and oxygen atoms in total. The first-order valence-corrected chi connectivity index (χ1v) is 12.3. The second-order valence-corrected chi connectivity index (χ2v) is 9.96. The molecule has 0 unspecified atom stereocenters. The number of halogens is 3. The third-order valence-electron chi connectivity index (χ3n) is 4.73. The van der Waals surface area contributed by atoms with Gasteiger partial charge in [-0.2, -0.15) is 13.2 Å². The standard InChI is InChI=1S/C24H28F3NO3S2/c1-15(2)23(28)21(33-14-17-4-6-18(7-5-17)24(25,26)27)10-11-32-19-8-9-20(16(3)12-19)31-13-22(29)30/h4-9,12,15H,10-11,13-14,28H2,1-3H3,(H,29,30)/b23-21-. The molecule has 3 N–H and O–H groups in total. The van der Waals surface area contributed by atoms with Gasteiger partial charge in [0.2, 0.25) is 0 Å². The highest BCUT2D eigenvalue weighted by Crippen LogP contribution is 2.33. The average Bonchev–Trinajstić information content (AvgIpc) is 2.74. The van der Waals surface area contributed by atoms with Crippen molar-refractivity contribution in [1.82, 2.24) is 0 Å². The molecule has 0 saturated carbocycles. The van der Waals surface area contributed by atoms with Crippen LogP contribution in [0.3, 0.4) is 0 Å².